The predicted octanol–water partition coefficient (Wildman–Crippen LogP) is 1.27. The quantitative estimate of drug-likeness (QED) is 0.621. The van der Waals surface area contributed by atoms with Crippen LogP contribution in [0, 0.1) is 5.92 Å². The fourth-order valence-electron chi connectivity index (χ4n) is 6.11. The molecule has 132 valence electrons. The van der Waals surface area contributed by atoms with Crippen LogP contribution < -0.4 is 10.6 Å². The summed E-state index contributed by atoms with van der Waals surface area (Å²) in [5.74, 6) is 0.549. The molecule has 0 aromatic heterocycles. The number of fused-ring (bicyclic) bond motifs is 1. The third-order valence-corrected chi connectivity index (χ3v) is 7.22. The number of imide groups is 1. The van der Waals surface area contributed by atoms with Crippen LogP contribution in [0.1, 0.15) is 36.8 Å². The zero-order valence-electron chi connectivity index (χ0n) is 14.3. The summed E-state index contributed by atoms with van der Waals surface area (Å²) >= 11 is 0. The highest BCUT2D eigenvalue weighted by Gasteiger charge is 2.62. The molecule has 2 aliphatic heterocycles. The highest BCUT2D eigenvalue weighted by molar-refractivity contribution is 6.07. The molecule has 2 saturated heterocycles. The van der Waals surface area contributed by atoms with Crippen LogP contribution in [-0.2, 0) is 16.6 Å². The summed E-state index contributed by atoms with van der Waals surface area (Å²) in [5.41, 5.74) is 1.51. The first-order valence-electron chi connectivity index (χ1n) is 9.10. The van der Waals surface area contributed by atoms with Gasteiger partial charge in [-0.15, -0.1) is 0 Å². The van der Waals surface area contributed by atoms with Gasteiger partial charge >= 0.3 is 6.03 Å². The van der Waals surface area contributed by atoms with E-state index in [1.54, 1.807) is 6.07 Å². The van der Waals surface area contributed by atoms with E-state index < -0.39 is 5.54 Å². The average Bonchev–Trinajstić information content (AvgIpc) is 2.84. The highest BCUT2D eigenvalue weighted by Crippen LogP contribution is 2.58. The Morgan fingerprint density at radius 3 is 2.88 bits per heavy atom. The van der Waals surface area contributed by atoms with Gasteiger partial charge in [0.15, 0.2) is 0 Å². The molecule has 1 aromatic rings. The summed E-state index contributed by atoms with van der Waals surface area (Å²) in [6, 6.07) is 5.77. The van der Waals surface area contributed by atoms with E-state index in [1.807, 2.05) is 12.1 Å². The number of nitrogens with one attached hydrogen (secondary N) is 2. The lowest BCUT2D eigenvalue weighted by molar-refractivity contribution is -0.128. The maximum atomic E-state index is 12.6. The van der Waals surface area contributed by atoms with E-state index in [0.29, 0.717) is 24.8 Å². The first-order chi connectivity index (χ1) is 11.9. The van der Waals surface area contributed by atoms with Crippen molar-refractivity contribution < 1.29 is 14.7 Å². The van der Waals surface area contributed by atoms with Crippen LogP contribution in [0.15, 0.2) is 18.2 Å². The van der Waals surface area contributed by atoms with Crippen molar-refractivity contribution in [2.75, 3.05) is 13.6 Å². The number of likely N-dealkylation sites (tertiary alicyclic amines) is 1. The number of piperidine rings is 1. The van der Waals surface area contributed by atoms with E-state index in [9.17, 15) is 14.7 Å². The molecular formula is C19H23N3O3. The normalized spacial score (nSPS) is 39.6. The Hall–Kier alpha value is -2.08. The van der Waals surface area contributed by atoms with Crippen molar-refractivity contribution in [3.05, 3.63) is 29.3 Å². The topological polar surface area (TPSA) is 81.7 Å². The van der Waals surface area contributed by atoms with Crippen LogP contribution in [-0.4, -0.2) is 47.1 Å². The molecule has 5 rings (SSSR count). The molecule has 4 atom stereocenters. The van der Waals surface area contributed by atoms with Crippen molar-refractivity contribution >= 4 is 11.9 Å². The monoisotopic (exact) mass is 341 g/mol. The minimum absolute atomic E-state index is 0.156. The average molecular weight is 341 g/mol. The number of rotatable bonds is 0. The van der Waals surface area contributed by atoms with Crippen molar-refractivity contribution in [3.8, 4) is 5.75 Å². The Labute approximate surface area is 146 Å². The van der Waals surface area contributed by atoms with Gasteiger partial charge in [-0.05, 0) is 74.9 Å². The smallest absolute Gasteiger partial charge is 0.322 e. The largest absolute Gasteiger partial charge is 0.508 e. The van der Waals surface area contributed by atoms with Crippen LogP contribution >= 0.6 is 0 Å². The van der Waals surface area contributed by atoms with E-state index in [2.05, 4.69) is 22.6 Å². The molecule has 3 N–H and O–H groups in total. The molecule has 3 amide bonds. The number of hydrogen-bond acceptors (Lipinski definition) is 4. The second-order valence-electron chi connectivity index (χ2n) is 8.31. The van der Waals surface area contributed by atoms with Crippen LogP contribution in [0.5, 0.6) is 5.75 Å². The molecule has 1 aromatic carbocycles. The summed E-state index contributed by atoms with van der Waals surface area (Å²) in [7, 11) is 2.19. The van der Waals surface area contributed by atoms with Gasteiger partial charge in [0, 0.05) is 11.5 Å². The minimum Gasteiger partial charge on any atom is -0.508 e. The number of phenols is 1. The fourth-order valence-corrected chi connectivity index (χ4v) is 6.11. The number of benzene rings is 1. The number of phenolic OH excluding ortho intramolecular Hbond substituents is 1. The van der Waals surface area contributed by atoms with Gasteiger partial charge < -0.3 is 15.3 Å². The first-order valence-corrected chi connectivity index (χ1v) is 9.10. The van der Waals surface area contributed by atoms with E-state index in [0.717, 1.165) is 25.8 Å². The van der Waals surface area contributed by atoms with Gasteiger partial charge in [-0.3, -0.25) is 10.1 Å². The van der Waals surface area contributed by atoms with Gasteiger partial charge in [-0.1, -0.05) is 6.07 Å². The number of aromatic hydroxyl groups is 1. The second-order valence-corrected chi connectivity index (χ2v) is 8.31. The van der Waals surface area contributed by atoms with Crippen molar-refractivity contribution in [1.82, 2.24) is 15.5 Å². The molecule has 25 heavy (non-hydrogen) atoms. The molecule has 0 radical (unpaired) electrons. The molecule has 3 fully saturated rings. The Morgan fingerprint density at radius 2 is 2.12 bits per heavy atom. The Morgan fingerprint density at radius 1 is 1.28 bits per heavy atom. The van der Waals surface area contributed by atoms with Gasteiger partial charge in [0.25, 0.3) is 5.91 Å². The minimum atomic E-state index is -0.798. The van der Waals surface area contributed by atoms with E-state index in [4.69, 9.17) is 0 Å². The molecule has 6 nitrogen and oxygen atoms in total. The number of carbonyl (C=O) groups is 2. The molecule has 4 aliphatic rings. The van der Waals surface area contributed by atoms with Crippen LogP contribution in [0.4, 0.5) is 4.79 Å². The predicted molar refractivity (Wildman–Crippen MR) is 91.3 cm³/mol. The van der Waals surface area contributed by atoms with Crippen molar-refractivity contribution in [2.24, 2.45) is 5.92 Å². The lowest BCUT2D eigenvalue weighted by Gasteiger charge is -2.60. The van der Waals surface area contributed by atoms with Crippen LogP contribution in [0.3, 0.4) is 0 Å². The lowest BCUT2D eigenvalue weighted by Crippen LogP contribution is -2.66. The first kappa shape index (κ1) is 15.2. The zero-order valence-corrected chi connectivity index (χ0v) is 14.3. The van der Waals surface area contributed by atoms with E-state index in [1.165, 1.54) is 11.1 Å². The van der Waals surface area contributed by atoms with Gasteiger partial charge in [0.1, 0.15) is 11.3 Å². The molecule has 1 spiro atoms. The highest BCUT2D eigenvalue weighted by atomic mass is 16.3. The van der Waals surface area contributed by atoms with Crippen molar-refractivity contribution in [3.63, 3.8) is 0 Å². The maximum absolute atomic E-state index is 12.6. The van der Waals surface area contributed by atoms with Gasteiger partial charge in [0.2, 0.25) is 0 Å². The summed E-state index contributed by atoms with van der Waals surface area (Å²) in [6.07, 6.45) is 4.17. The Kier molecular flexibility index (Phi) is 2.89. The van der Waals surface area contributed by atoms with Gasteiger partial charge in [0.05, 0.1) is 0 Å². The summed E-state index contributed by atoms with van der Waals surface area (Å²) in [4.78, 5) is 26.8. The SMILES string of the molecule is CN1CC[C@]23C[C@]4(CC[C@H]2[C@H]1Cc1ccc(O)cc13)NC(=O)NC4=O. The van der Waals surface area contributed by atoms with Crippen LogP contribution in [0.25, 0.3) is 0 Å². The number of amides is 3. The molecule has 2 aliphatic carbocycles. The molecular weight excluding hydrogens is 318 g/mol. The standard InChI is InChI=1S/C19H23N3O3/c1-22-7-6-18-10-19(16(24)20-17(25)21-19)5-4-13(18)15(22)8-11-2-3-12(23)9-14(11)18/h2-3,9,13,15,23H,4-8,10H2,1H3,(H2,20,21,24,25)/t13-,15+,18-,19-/m0/s1. The fraction of sp³-hybridized carbons (Fsp3) is 0.579. The van der Waals surface area contributed by atoms with Crippen LogP contribution in [0.2, 0.25) is 0 Å². The summed E-state index contributed by atoms with van der Waals surface area (Å²) in [5, 5.41) is 15.5. The van der Waals surface area contributed by atoms with Crippen molar-refractivity contribution in [2.45, 2.75) is 49.1 Å². The van der Waals surface area contributed by atoms with Crippen molar-refractivity contribution in [1.29, 1.82) is 0 Å². The van der Waals surface area contributed by atoms with E-state index in [-0.39, 0.29) is 23.1 Å². The molecule has 2 bridgehead atoms. The molecule has 6 heteroatoms. The van der Waals surface area contributed by atoms with Gasteiger partial charge in [-0.2, -0.15) is 0 Å². The lowest BCUT2D eigenvalue weighted by atomic mass is 9.49. The Bertz CT molecular complexity index is 794. The Balaban J connectivity index is 1.67. The molecule has 1 saturated carbocycles. The van der Waals surface area contributed by atoms with E-state index >= 15 is 0 Å². The third-order valence-electron chi connectivity index (χ3n) is 7.22. The maximum Gasteiger partial charge on any atom is 0.322 e. The molecule has 0 unspecified atom stereocenters. The number of likely N-dealkylation sites (N-methyl/N-ethyl adjacent to an activating group) is 1. The second kappa shape index (κ2) is 4.75. The van der Waals surface area contributed by atoms with Gasteiger partial charge in [-0.25, -0.2) is 4.79 Å². The summed E-state index contributed by atoms with van der Waals surface area (Å²) < 4.78 is 0. The number of carbonyl (C=O) groups excluding carboxylic acids is 2. The zero-order chi connectivity index (χ0) is 17.4. The summed E-state index contributed by atoms with van der Waals surface area (Å²) in [6.45, 7) is 0.974. The number of hydrogen-bond donors (Lipinski definition) is 3. The number of nitrogens with zero attached hydrogens (tertiary/aromatic N) is 1. The number of urea groups is 1. The molecule has 2 heterocycles. The third kappa shape index (κ3) is 1.89.